The number of carboxylic acid groups (broad SMARTS) is 1. The molecule has 2 rings (SSSR count). The Kier molecular flexibility index (Phi) is 45.5. The van der Waals surface area contributed by atoms with E-state index in [9.17, 15) is 97.1 Å². The minimum atomic E-state index is -1.94. The van der Waals surface area contributed by atoms with Crippen LogP contribution in [0.1, 0.15) is 106 Å². The number of amides is 15. The number of benzene rings is 1. The Hall–Kier alpha value is -9.21. The van der Waals surface area contributed by atoms with Crippen LogP contribution in [0.3, 0.4) is 0 Å². The fourth-order valence-electron chi connectivity index (χ4n) is 10.7. The normalized spacial score (nSPS) is 15.2. The molecule has 27 N–H and O–H groups in total. The number of nitrogens with one attached hydrogen (secondary N) is 15. The Morgan fingerprint density at radius 3 is 1.29 bits per heavy atom. The number of carboxylic acids is 1. The molecule has 1 aromatic heterocycles. The predicted molar refractivity (Wildman–Crippen MR) is 428 cm³/mol. The average molecular weight is 1670 g/mol. The molecule has 0 bridgehead atoms. The lowest BCUT2D eigenvalue weighted by atomic mass is 10.0. The van der Waals surface area contributed by atoms with Gasteiger partial charge in [0, 0.05) is 48.0 Å². The second-order valence-corrected chi connectivity index (χ2v) is 30.3. The molecule has 15 amide bonds. The molecule has 1 heterocycles. The zero-order valence-corrected chi connectivity index (χ0v) is 68.3. The van der Waals surface area contributed by atoms with Crippen LogP contribution in [0.2, 0.25) is 0 Å². The molecular formula is C69H114N20O20S4. The Morgan fingerprint density at radius 1 is 0.451 bits per heavy atom. The number of aliphatic hydroxyl groups is 3. The van der Waals surface area contributed by atoms with Crippen LogP contribution in [-0.4, -0.2) is 278 Å². The number of thioether (sulfide) groups is 2. The molecule has 0 saturated carbocycles. The van der Waals surface area contributed by atoms with E-state index in [1.807, 2.05) is 6.26 Å². The first-order valence-corrected chi connectivity index (χ1v) is 40.4. The highest BCUT2D eigenvalue weighted by Crippen LogP contribution is 2.20. The van der Waals surface area contributed by atoms with Crippen molar-refractivity contribution < 1.29 is 97.1 Å². The van der Waals surface area contributed by atoms with Crippen LogP contribution >= 0.6 is 48.8 Å². The number of carbonyl (C=O) groups excluding carboxylic acids is 15. The van der Waals surface area contributed by atoms with Crippen molar-refractivity contribution in [3.63, 3.8) is 0 Å². The van der Waals surface area contributed by atoms with E-state index in [-0.39, 0.29) is 68.5 Å². The molecule has 0 spiro atoms. The summed E-state index contributed by atoms with van der Waals surface area (Å²) < 4.78 is 0. The van der Waals surface area contributed by atoms with E-state index in [1.165, 1.54) is 30.4 Å². The number of hydrogen-bond donors (Lipinski definition) is 25. The Balaban J connectivity index is 2.35. The molecule has 113 heavy (non-hydrogen) atoms. The monoisotopic (exact) mass is 1670 g/mol. The highest BCUT2D eigenvalue weighted by atomic mass is 32.2. The van der Waals surface area contributed by atoms with Crippen molar-refractivity contribution >= 4 is 160 Å². The Bertz CT molecular complexity index is 3590. The van der Waals surface area contributed by atoms with Crippen molar-refractivity contribution in [2.45, 2.75) is 197 Å². The summed E-state index contributed by atoms with van der Waals surface area (Å²) in [5.74, 6) is -17.6. The molecule has 0 radical (unpaired) electrons. The van der Waals surface area contributed by atoms with Gasteiger partial charge in [0.15, 0.2) is 5.96 Å². The lowest BCUT2D eigenvalue weighted by molar-refractivity contribution is -0.142. The van der Waals surface area contributed by atoms with Gasteiger partial charge in [-0.15, -0.1) is 0 Å². The Labute approximate surface area is 674 Å². The number of guanidine groups is 1. The summed E-state index contributed by atoms with van der Waals surface area (Å²) >= 11 is 11.2. The number of aliphatic carboxylic acids is 1. The molecule has 40 nitrogen and oxygen atoms in total. The zero-order valence-electron chi connectivity index (χ0n) is 64.9. The number of fused-ring (bicyclic) bond motifs is 1. The smallest absolute Gasteiger partial charge is 0.325 e. The van der Waals surface area contributed by atoms with Gasteiger partial charge in [0.1, 0.15) is 84.6 Å². The van der Waals surface area contributed by atoms with Crippen molar-refractivity contribution in [1.29, 1.82) is 0 Å². The highest BCUT2D eigenvalue weighted by Gasteiger charge is 2.39. The average Bonchev–Trinajstić information content (AvgIpc) is 1.71. The predicted octanol–water partition coefficient (Wildman–Crippen LogP) is -7.03. The van der Waals surface area contributed by atoms with Crippen LogP contribution in [-0.2, 0) is 83.1 Å². The lowest BCUT2D eigenvalue weighted by Crippen LogP contribution is -2.62. The van der Waals surface area contributed by atoms with Gasteiger partial charge >= 0.3 is 5.97 Å². The topological polar surface area (TPSA) is 655 Å². The Morgan fingerprint density at radius 2 is 0.832 bits per heavy atom. The molecule has 15 atom stereocenters. The van der Waals surface area contributed by atoms with Gasteiger partial charge in [-0.3, -0.25) is 81.7 Å². The number of thiol groups is 2. The van der Waals surface area contributed by atoms with Gasteiger partial charge in [0.05, 0.1) is 25.9 Å². The number of para-hydroxylation sites is 1. The van der Waals surface area contributed by atoms with E-state index in [0.29, 0.717) is 28.6 Å². The molecule has 0 unspecified atom stereocenters. The first-order chi connectivity index (χ1) is 53.2. The van der Waals surface area contributed by atoms with Crippen LogP contribution in [0.25, 0.3) is 10.9 Å². The molecule has 44 heteroatoms. The maximum atomic E-state index is 14.4. The lowest BCUT2D eigenvalue weighted by Gasteiger charge is -2.28. The minimum Gasteiger partial charge on any atom is -0.480 e. The number of primary amides is 1. The molecular weight excluding hydrogens is 1560 g/mol. The summed E-state index contributed by atoms with van der Waals surface area (Å²) in [5, 5.41) is 75.5. The molecule has 2 aromatic rings. The molecule has 0 fully saturated rings. The van der Waals surface area contributed by atoms with Gasteiger partial charge in [-0.2, -0.15) is 48.8 Å². The van der Waals surface area contributed by atoms with E-state index in [2.05, 4.69) is 110 Å². The van der Waals surface area contributed by atoms with Gasteiger partial charge in [0.2, 0.25) is 88.6 Å². The molecule has 0 saturated heterocycles. The van der Waals surface area contributed by atoms with Crippen molar-refractivity contribution in [2.24, 2.45) is 45.7 Å². The number of H-pyrrole nitrogens is 1. The van der Waals surface area contributed by atoms with Crippen LogP contribution < -0.4 is 97.4 Å². The summed E-state index contributed by atoms with van der Waals surface area (Å²) in [6.45, 7) is 8.76. The van der Waals surface area contributed by atoms with Crippen LogP contribution in [0.4, 0.5) is 0 Å². The standard InChI is InChI=1S/C69H114N20O20S4/c1-32(2)24-44(60(100)86-49(30-110)64(104)79-42(17-18-51(71)93)56(96)77-36(8)68(108)109)81-62(102)47(28-91)83-57(97)41(16-13-21-74-69(72)73)78-61(101)46(27-90)85-63(103)48(29-92)84-58(98)43(20-23-113-10)80-66(106)52(33(3)4)88-54(94)35(7)76-59(99)45(25-37-26-75-40-15-12-11-14-38(37)40)82-65(105)50(31-111)87-67(107)53(34(5)6)89-55(95)39(70)19-22-112-9/h11-12,14-15,26,32-36,39,41-50,52-53,75,90-92,110-111H,13,16-25,27-31,70H2,1-10H3,(H2,71,93)(H,76,99)(H,77,96)(H,78,101)(H,79,104)(H,80,106)(H,81,102)(H,82,105)(H,83,97)(H,84,98)(H,85,103)(H,86,100)(H,87,107)(H,88,94)(H,89,95)(H,108,109)(H4,72,73,74)/t35-,36-,39-,41-,42-,43-,44-,45-,46-,47-,48-,49-,50-,52-,53-/m0/s1. The van der Waals surface area contributed by atoms with Crippen molar-refractivity contribution in [3.8, 4) is 0 Å². The van der Waals surface area contributed by atoms with E-state index in [0.717, 1.165) is 6.92 Å². The third-order valence-electron chi connectivity index (χ3n) is 17.2. The number of aromatic amines is 1. The molecule has 0 aliphatic carbocycles. The van der Waals surface area contributed by atoms with Crippen LogP contribution in [0, 0.1) is 17.8 Å². The van der Waals surface area contributed by atoms with E-state index >= 15 is 0 Å². The van der Waals surface area contributed by atoms with Crippen LogP contribution in [0.15, 0.2) is 35.5 Å². The van der Waals surface area contributed by atoms with Gasteiger partial charge in [0.25, 0.3) is 0 Å². The first kappa shape index (κ1) is 99.9. The van der Waals surface area contributed by atoms with Gasteiger partial charge in [-0.1, -0.05) is 59.7 Å². The summed E-state index contributed by atoms with van der Waals surface area (Å²) in [7, 11) is 0. The fourth-order valence-corrected chi connectivity index (χ4v) is 12.2. The number of nitrogens with two attached hydrogens (primary N) is 4. The number of carbonyl (C=O) groups is 16. The first-order valence-electron chi connectivity index (χ1n) is 36.4. The molecule has 0 aliphatic heterocycles. The molecule has 634 valence electrons. The largest absolute Gasteiger partial charge is 0.480 e. The third-order valence-corrected chi connectivity index (χ3v) is 19.2. The zero-order chi connectivity index (χ0) is 85.5. The minimum absolute atomic E-state index is 0.0495. The summed E-state index contributed by atoms with van der Waals surface area (Å²) in [6.07, 6.45) is 4.03. The summed E-state index contributed by atoms with van der Waals surface area (Å²) in [5.41, 5.74) is 23.6. The summed E-state index contributed by atoms with van der Waals surface area (Å²) in [6, 6.07) is -15.2. The van der Waals surface area contributed by atoms with E-state index < -0.39 is 229 Å². The van der Waals surface area contributed by atoms with Crippen molar-refractivity contribution in [2.75, 3.05) is 61.9 Å². The third kappa shape index (κ3) is 35.0. The van der Waals surface area contributed by atoms with Gasteiger partial charge in [-0.25, -0.2) is 0 Å². The fraction of sp³-hybridized carbons (Fsp3) is 0.638. The SMILES string of the molecule is CSCC[C@H](NC(=O)[C@@H](NC(=O)[C@H](C)NC(=O)[C@H](Cc1c[nH]c2ccccc12)NC(=O)[C@H](CS)NC(=O)[C@@H](NC(=O)[C@@H](N)CCSC)C(C)C)C(C)C)C(=O)N[C@@H](CO)C(=O)N[C@@H](CO)C(=O)N[C@@H](CCCN=C(N)N)C(=O)N[C@@H](CO)C(=O)N[C@@H](CC(C)C)C(=O)N[C@@H](CS)C(=O)N[C@@H](CCC(N)=O)C(=O)N[C@@H](C)C(=O)O. The second kappa shape index (κ2) is 51.5. The number of nitrogens with zero attached hydrogens (tertiary/aromatic N) is 1. The number of aliphatic hydroxyl groups excluding tert-OH is 3. The quantitative estimate of drug-likeness (QED) is 0.0127. The maximum absolute atomic E-state index is 14.4. The highest BCUT2D eigenvalue weighted by molar-refractivity contribution is 7.98. The molecule has 1 aromatic carbocycles. The maximum Gasteiger partial charge on any atom is 0.325 e. The van der Waals surface area contributed by atoms with E-state index in [4.69, 9.17) is 22.9 Å². The number of aromatic nitrogens is 1. The van der Waals surface area contributed by atoms with Crippen LogP contribution in [0.5, 0.6) is 0 Å². The van der Waals surface area contributed by atoms with Crippen molar-refractivity contribution in [1.82, 2.24) is 79.4 Å². The number of hydrogen-bond acceptors (Lipinski definition) is 25. The second-order valence-electron chi connectivity index (χ2n) is 27.6. The van der Waals surface area contributed by atoms with E-state index in [1.54, 1.807) is 78.3 Å². The number of rotatable bonds is 53. The van der Waals surface area contributed by atoms with Crippen molar-refractivity contribution in [3.05, 3.63) is 36.0 Å². The van der Waals surface area contributed by atoms with Gasteiger partial charge < -0.3 is 123 Å². The van der Waals surface area contributed by atoms with Gasteiger partial charge in [-0.05, 0) is 106 Å². The number of aliphatic imine (C=N–C) groups is 1. The summed E-state index contributed by atoms with van der Waals surface area (Å²) in [4.78, 5) is 224. The molecule has 0 aliphatic rings.